The lowest BCUT2D eigenvalue weighted by atomic mass is 10.2. The van der Waals surface area contributed by atoms with E-state index in [1.807, 2.05) is 7.05 Å². The Balaban J connectivity index is 1.91. The van der Waals surface area contributed by atoms with Crippen LogP contribution in [0.25, 0.3) is 11.0 Å². The number of imidazole rings is 1. The molecule has 1 aromatic heterocycles. The van der Waals surface area contributed by atoms with E-state index in [4.69, 9.17) is 0 Å². The van der Waals surface area contributed by atoms with Gasteiger partial charge in [-0.15, -0.1) is 0 Å². The molecule has 2 aromatic rings. The van der Waals surface area contributed by atoms with Gasteiger partial charge in [-0.3, -0.25) is 0 Å². The van der Waals surface area contributed by atoms with Crippen LogP contribution in [-0.4, -0.2) is 48.1 Å². The Hall–Kier alpha value is -1.76. The Labute approximate surface area is 114 Å². The minimum Gasteiger partial charge on any atom is -0.340 e. The van der Waals surface area contributed by atoms with Crippen molar-refractivity contribution in [2.45, 2.75) is 6.18 Å². The van der Waals surface area contributed by atoms with Crippen molar-refractivity contribution in [2.75, 3.05) is 38.1 Å². The van der Waals surface area contributed by atoms with E-state index in [1.54, 1.807) is 0 Å². The fraction of sp³-hybridized carbons (Fsp3) is 0.462. The molecule has 2 heterocycles. The number of aromatic amines is 1. The quantitative estimate of drug-likeness (QED) is 0.873. The number of alkyl halides is 3. The summed E-state index contributed by atoms with van der Waals surface area (Å²) >= 11 is 0. The Morgan fingerprint density at radius 3 is 2.50 bits per heavy atom. The van der Waals surface area contributed by atoms with Gasteiger partial charge in [-0.25, -0.2) is 4.98 Å². The first kappa shape index (κ1) is 13.2. The summed E-state index contributed by atoms with van der Waals surface area (Å²) in [6.07, 6.45) is -4.33. The highest BCUT2D eigenvalue weighted by Crippen LogP contribution is 2.31. The average molecular weight is 284 g/mol. The van der Waals surface area contributed by atoms with Gasteiger partial charge in [0.2, 0.25) is 5.95 Å². The lowest BCUT2D eigenvalue weighted by Gasteiger charge is -2.32. The van der Waals surface area contributed by atoms with Crippen LogP contribution in [0.5, 0.6) is 0 Å². The predicted octanol–water partition coefficient (Wildman–Crippen LogP) is 2.33. The third-order valence-electron chi connectivity index (χ3n) is 3.60. The van der Waals surface area contributed by atoms with Crippen molar-refractivity contribution in [1.29, 1.82) is 0 Å². The summed E-state index contributed by atoms with van der Waals surface area (Å²) < 4.78 is 38.0. The van der Waals surface area contributed by atoms with Gasteiger partial charge in [0.1, 0.15) is 0 Å². The van der Waals surface area contributed by atoms with Gasteiger partial charge in [-0.05, 0) is 25.2 Å². The summed E-state index contributed by atoms with van der Waals surface area (Å²) in [4.78, 5) is 11.6. The molecule has 108 valence electrons. The maximum absolute atomic E-state index is 12.7. The highest BCUT2D eigenvalue weighted by Gasteiger charge is 2.30. The first-order chi connectivity index (χ1) is 9.43. The summed E-state index contributed by atoms with van der Waals surface area (Å²) in [7, 11) is 2.05. The minimum absolute atomic E-state index is 0.425. The third-order valence-corrected chi connectivity index (χ3v) is 3.60. The second-order valence-electron chi connectivity index (χ2n) is 5.08. The molecular weight excluding hydrogens is 269 g/mol. The molecule has 0 aliphatic carbocycles. The van der Waals surface area contributed by atoms with Crippen LogP contribution in [0.1, 0.15) is 5.56 Å². The van der Waals surface area contributed by atoms with Crippen LogP contribution in [0.2, 0.25) is 0 Å². The van der Waals surface area contributed by atoms with Crippen molar-refractivity contribution >= 4 is 17.0 Å². The third kappa shape index (κ3) is 2.45. The van der Waals surface area contributed by atoms with Crippen LogP contribution >= 0.6 is 0 Å². The summed E-state index contributed by atoms with van der Waals surface area (Å²) in [5, 5.41) is 0. The van der Waals surface area contributed by atoms with Gasteiger partial charge >= 0.3 is 6.18 Å². The maximum Gasteiger partial charge on any atom is 0.416 e. The molecule has 0 unspecified atom stereocenters. The molecule has 1 fully saturated rings. The van der Waals surface area contributed by atoms with Crippen molar-refractivity contribution in [1.82, 2.24) is 14.9 Å². The molecule has 0 bridgehead atoms. The molecular formula is C13H15F3N4. The predicted molar refractivity (Wildman–Crippen MR) is 70.8 cm³/mol. The summed E-state index contributed by atoms with van der Waals surface area (Å²) in [6, 6.07) is 3.59. The molecule has 1 aliphatic heterocycles. The topological polar surface area (TPSA) is 35.2 Å². The number of nitrogens with one attached hydrogen (secondary N) is 1. The van der Waals surface area contributed by atoms with Crippen LogP contribution < -0.4 is 4.90 Å². The largest absolute Gasteiger partial charge is 0.416 e. The van der Waals surface area contributed by atoms with Crippen molar-refractivity contribution in [3.63, 3.8) is 0 Å². The lowest BCUT2D eigenvalue weighted by molar-refractivity contribution is -0.137. The van der Waals surface area contributed by atoms with Gasteiger partial charge in [-0.2, -0.15) is 13.2 Å². The molecule has 0 spiro atoms. The van der Waals surface area contributed by atoms with Gasteiger partial charge in [-0.1, -0.05) is 0 Å². The highest BCUT2D eigenvalue weighted by molar-refractivity contribution is 5.78. The summed E-state index contributed by atoms with van der Waals surface area (Å²) in [5.41, 5.74) is 0.333. The van der Waals surface area contributed by atoms with Crippen LogP contribution in [0, 0.1) is 0 Å². The van der Waals surface area contributed by atoms with E-state index in [1.165, 1.54) is 6.07 Å². The van der Waals surface area contributed by atoms with E-state index in [2.05, 4.69) is 19.8 Å². The summed E-state index contributed by atoms with van der Waals surface area (Å²) in [5.74, 6) is 0.646. The number of hydrogen-bond donors (Lipinski definition) is 1. The first-order valence-corrected chi connectivity index (χ1v) is 6.44. The van der Waals surface area contributed by atoms with Crippen molar-refractivity contribution < 1.29 is 13.2 Å². The fourth-order valence-electron chi connectivity index (χ4n) is 2.34. The molecule has 0 radical (unpaired) electrons. The Morgan fingerprint density at radius 2 is 1.85 bits per heavy atom. The number of benzene rings is 1. The Morgan fingerprint density at radius 1 is 1.15 bits per heavy atom. The number of nitrogens with zero attached hydrogens (tertiary/aromatic N) is 3. The summed E-state index contributed by atoms with van der Waals surface area (Å²) in [6.45, 7) is 3.49. The first-order valence-electron chi connectivity index (χ1n) is 6.44. The highest BCUT2D eigenvalue weighted by atomic mass is 19.4. The smallest absolute Gasteiger partial charge is 0.340 e. The van der Waals surface area contributed by atoms with E-state index >= 15 is 0 Å². The SMILES string of the molecule is CN1CCN(c2nc3ccc(C(F)(F)F)cc3[nH]2)CC1. The standard InChI is InChI=1S/C13H15F3N4/c1-19-4-6-20(7-5-19)12-17-10-3-2-9(13(14,15)16)8-11(10)18-12/h2-3,8H,4-7H2,1H3,(H,17,18). The zero-order valence-corrected chi connectivity index (χ0v) is 11.0. The van der Waals surface area contributed by atoms with E-state index < -0.39 is 11.7 Å². The fourth-order valence-corrected chi connectivity index (χ4v) is 2.34. The van der Waals surface area contributed by atoms with Gasteiger partial charge in [0.15, 0.2) is 0 Å². The molecule has 20 heavy (non-hydrogen) atoms. The number of piperazine rings is 1. The van der Waals surface area contributed by atoms with Gasteiger partial charge < -0.3 is 14.8 Å². The van der Waals surface area contributed by atoms with Gasteiger partial charge in [0.05, 0.1) is 16.6 Å². The minimum atomic E-state index is -4.33. The molecule has 1 aliphatic rings. The molecule has 0 amide bonds. The van der Waals surface area contributed by atoms with Crippen LogP contribution in [-0.2, 0) is 6.18 Å². The Kier molecular flexibility index (Phi) is 3.08. The van der Waals surface area contributed by atoms with Gasteiger partial charge in [0.25, 0.3) is 0 Å². The number of fused-ring (bicyclic) bond motifs is 1. The molecule has 7 heteroatoms. The molecule has 0 saturated carbocycles. The molecule has 1 aromatic carbocycles. The molecule has 4 nitrogen and oxygen atoms in total. The van der Waals surface area contributed by atoms with E-state index in [9.17, 15) is 13.2 Å². The number of H-pyrrole nitrogens is 1. The van der Waals surface area contributed by atoms with E-state index in [-0.39, 0.29) is 0 Å². The molecule has 0 atom stereocenters. The van der Waals surface area contributed by atoms with Crippen LogP contribution in [0.4, 0.5) is 19.1 Å². The monoisotopic (exact) mass is 284 g/mol. The van der Waals surface area contributed by atoms with Crippen molar-refractivity contribution in [3.05, 3.63) is 23.8 Å². The van der Waals surface area contributed by atoms with Crippen LogP contribution in [0.15, 0.2) is 18.2 Å². The van der Waals surface area contributed by atoms with E-state index in [0.29, 0.717) is 17.0 Å². The molecule has 1 N–H and O–H groups in total. The van der Waals surface area contributed by atoms with Crippen molar-refractivity contribution in [3.8, 4) is 0 Å². The van der Waals surface area contributed by atoms with E-state index in [0.717, 1.165) is 38.3 Å². The van der Waals surface area contributed by atoms with Crippen LogP contribution in [0.3, 0.4) is 0 Å². The number of aromatic nitrogens is 2. The maximum atomic E-state index is 12.7. The zero-order valence-electron chi connectivity index (χ0n) is 11.0. The second-order valence-corrected chi connectivity index (χ2v) is 5.08. The molecule has 3 rings (SSSR count). The number of hydrogen-bond acceptors (Lipinski definition) is 3. The van der Waals surface area contributed by atoms with Crippen molar-refractivity contribution in [2.24, 2.45) is 0 Å². The lowest BCUT2D eigenvalue weighted by Crippen LogP contribution is -2.44. The Bertz CT molecular complexity index is 612. The number of rotatable bonds is 1. The number of likely N-dealkylation sites (N-methyl/N-ethyl adjacent to an activating group) is 1. The van der Waals surface area contributed by atoms with Gasteiger partial charge in [0, 0.05) is 26.2 Å². The normalized spacial score (nSPS) is 17.9. The number of halogens is 3. The number of anilines is 1. The second kappa shape index (κ2) is 4.66. The zero-order chi connectivity index (χ0) is 14.3. The molecule has 1 saturated heterocycles. The average Bonchev–Trinajstić information content (AvgIpc) is 2.81.